The number of carboxylic acid groups (broad SMARTS) is 1. The number of nitrogens with zero attached hydrogens (tertiary/aromatic N) is 1. The van der Waals surface area contributed by atoms with Gasteiger partial charge >= 0.3 is 5.97 Å². The predicted molar refractivity (Wildman–Crippen MR) is 93.2 cm³/mol. The Morgan fingerprint density at radius 2 is 2.04 bits per heavy atom. The minimum Gasteiger partial charge on any atom is -0.496 e. The smallest absolute Gasteiger partial charge is 0.308 e. The summed E-state index contributed by atoms with van der Waals surface area (Å²) in [4.78, 5) is 14.1. The lowest BCUT2D eigenvalue weighted by Crippen LogP contribution is -2.40. The molecule has 25 heavy (non-hydrogen) atoms. The van der Waals surface area contributed by atoms with E-state index in [1.54, 1.807) is 14.2 Å². The molecule has 6 nitrogen and oxygen atoms in total. The molecule has 0 amide bonds. The Labute approximate surface area is 148 Å². The van der Waals surface area contributed by atoms with E-state index in [4.69, 9.17) is 14.2 Å². The number of aliphatic carboxylic acids is 1. The molecule has 2 fully saturated rings. The van der Waals surface area contributed by atoms with Gasteiger partial charge in [0, 0.05) is 49.4 Å². The normalized spacial score (nSPS) is 22.9. The fourth-order valence-electron chi connectivity index (χ4n) is 4.42. The molecule has 1 unspecified atom stereocenters. The molecule has 0 radical (unpaired) electrons. The van der Waals surface area contributed by atoms with Gasteiger partial charge in [0.15, 0.2) is 0 Å². The van der Waals surface area contributed by atoms with E-state index in [0.717, 1.165) is 42.0 Å². The molecule has 0 saturated carbocycles. The van der Waals surface area contributed by atoms with Crippen molar-refractivity contribution in [1.82, 2.24) is 4.90 Å². The molecule has 0 bridgehead atoms. The largest absolute Gasteiger partial charge is 0.496 e. The first kappa shape index (κ1) is 18.0. The third kappa shape index (κ3) is 3.33. The molecule has 1 aromatic carbocycles. The molecule has 2 saturated heterocycles. The van der Waals surface area contributed by atoms with Crippen LogP contribution in [0.5, 0.6) is 11.5 Å². The van der Waals surface area contributed by atoms with Crippen molar-refractivity contribution in [3.63, 3.8) is 0 Å². The summed E-state index contributed by atoms with van der Waals surface area (Å²) in [6.45, 7) is 5.34. The zero-order valence-electron chi connectivity index (χ0n) is 15.2. The van der Waals surface area contributed by atoms with Gasteiger partial charge < -0.3 is 19.3 Å². The van der Waals surface area contributed by atoms with Crippen molar-refractivity contribution in [3.8, 4) is 11.5 Å². The molecule has 1 N–H and O–H groups in total. The molecule has 6 heteroatoms. The minimum atomic E-state index is -0.692. The molecule has 0 aromatic heterocycles. The highest BCUT2D eigenvalue weighted by molar-refractivity contribution is 5.72. The van der Waals surface area contributed by atoms with Gasteiger partial charge in [0.1, 0.15) is 11.5 Å². The zero-order chi connectivity index (χ0) is 18.0. The molecule has 2 heterocycles. The van der Waals surface area contributed by atoms with Crippen molar-refractivity contribution in [2.75, 3.05) is 40.5 Å². The fraction of sp³-hybridized carbons (Fsp3) is 0.632. The third-order valence-electron chi connectivity index (χ3n) is 5.76. The van der Waals surface area contributed by atoms with Gasteiger partial charge in [0.25, 0.3) is 0 Å². The second kappa shape index (κ2) is 7.22. The summed E-state index contributed by atoms with van der Waals surface area (Å²) < 4.78 is 16.4. The standard InChI is InChI=1S/C19H27NO5/c1-13-16(23-2)5-4-14(17(13)24-3)10-20-11-15(18(21)22)19(12-20)6-8-25-9-7-19/h4-5,15H,6-12H2,1-3H3,(H,21,22). The molecule has 2 aliphatic rings. The maximum absolute atomic E-state index is 11.8. The van der Waals surface area contributed by atoms with Crippen LogP contribution in [0.15, 0.2) is 12.1 Å². The van der Waals surface area contributed by atoms with Gasteiger partial charge in [-0.25, -0.2) is 0 Å². The molecule has 2 aliphatic heterocycles. The highest BCUT2D eigenvalue weighted by Gasteiger charge is 2.50. The topological polar surface area (TPSA) is 68.2 Å². The van der Waals surface area contributed by atoms with Crippen LogP contribution in [0.1, 0.15) is 24.0 Å². The number of hydrogen-bond donors (Lipinski definition) is 1. The van der Waals surface area contributed by atoms with Gasteiger partial charge in [-0.15, -0.1) is 0 Å². The molecule has 138 valence electrons. The van der Waals surface area contributed by atoms with Gasteiger partial charge in [-0.2, -0.15) is 0 Å². The van der Waals surface area contributed by atoms with E-state index in [-0.39, 0.29) is 11.3 Å². The quantitative estimate of drug-likeness (QED) is 0.880. The number of benzene rings is 1. The Hall–Kier alpha value is -1.79. The number of hydrogen-bond acceptors (Lipinski definition) is 5. The first-order valence-corrected chi connectivity index (χ1v) is 8.74. The highest BCUT2D eigenvalue weighted by Crippen LogP contribution is 2.45. The van der Waals surface area contributed by atoms with Crippen molar-refractivity contribution in [3.05, 3.63) is 23.3 Å². The lowest BCUT2D eigenvalue weighted by molar-refractivity contribution is -0.147. The van der Waals surface area contributed by atoms with Crippen LogP contribution in [-0.2, 0) is 16.1 Å². The van der Waals surface area contributed by atoms with Crippen LogP contribution in [0.25, 0.3) is 0 Å². The maximum Gasteiger partial charge on any atom is 0.308 e. The van der Waals surface area contributed by atoms with Crippen molar-refractivity contribution in [2.24, 2.45) is 11.3 Å². The Bertz CT molecular complexity index is 639. The van der Waals surface area contributed by atoms with Crippen LogP contribution < -0.4 is 9.47 Å². The molecule has 1 spiro atoms. The highest BCUT2D eigenvalue weighted by atomic mass is 16.5. The summed E-state index contributed by atoms with van der Waals surface area (Å²) in [5.74, 6) is 0.592. The third-order valence-corrected chi connectivity index (χ3v) is 5.76. The van der Waals surface area contributed by atoms with Crippen LogP contribution in [0.3, 0.4) is 0 Å². The van der Waals surface area contributed by atoms with Crippen molar-refractivity contribution in [2.45, 2.75) is 26.3 Å². The molecular formula is C19H27NO5. The SMILES string of the molecule is COc1ccc(CN2CC(C(=O)O)C3(CCOCC3)C2)c(OC)c1C. The van der Waals surface area contributed by atoms with Gasteiger partial charge in [0.2, 0.25) is 0 Å². The maximum atomic E-state index is 11.8. The number of carbonyl (C=O) groups is 1. The van der Waals surface area contributed by atoms with Crippen LogP contribution in [0.4, 0.5) is 0 Å². The number of ether oxygens (including phenoxy) is 3. The Morgan fingerprint density at radius 1 is 1.32 bits per heavy atom. The monoisotopic (exact) mass is 349 g/mol. The predicted octanol–water partition coefficient (Wildman–Crippen LogP) is 2.33. The van der Waals surface area contributed by atoms with E-state index in [2.05, 4.69) is 4.90 Å². The summed E-state index contributed by atoms with van der Waals surface area (Å²) in [7, 11) is 3.31. The Morgan fingerprint density at radius 3 is 2.64 bits per heavy atom. The van der Waals surface area contributed by atoms with Gasteiger partial charge in [0.05, 0.1) is 20.1 Å². The van der Waals surface area contributed by atoms with Crippen LogP contribution in [0, 0.1) is 18.3 Å². The first-order chi connectivity index (χ1) is 12.0. The van der Waals surface area contributed by atoms with E-state index >= 15 is 0 Å². The Kier molecular flexibility index (Phi) is 5.20. The summed E-state index contributed by atoms with van der Waals surface area (Å²) in [6, 6.07) is 3.96. The Balaban J connectivity index is 1.82. The molecule has 0 aliphatic carbocycles. The summed E-state index contributed by atoms with van der Waals surface area (Å²) in [5.41, 5.74) is 1.87. The van der Waals surface area contributed by atoms with Crippen molar-refractivity contribution in [1.29, 1.82) is 0 Å². The number of methoxy groups -OCH3 is 2. The molecule has 1 atom stereocenters. The average molecular weight is 349 g/mol. The molecule has 3 rings (SSSR count). The number of rotatable bonds is 5. The van der Waals surface area contributed by atoms with Crippen molar-refractivity contribution < 1.29 is 24.1 Å². The first-order valence-electron chi connectivity index (χ1n) is 8.74. The van der Waals surface area contributed by atoms with E-state index in [1.807, 2.05) is 19.1 Å². The van der Waals surface area contributed by atoms with Crippen molar-refractivity contribution >= 4 is 5.97 Å². The van der Waals surface area contributed by atoms with Gasteiger partial charge in [-0.05, 0) is 25.8 Å². The van der Waals surface area contributed by atoms with Crippen LogP contribution >= 0.6 is 0 Å². The summed E-state index contributed by atoms with van der Waals surface area (Å²) >= 11 is 0. The lowest BCUT2D eigenvalue weighted by atomic mass is 9.72. The zero-order valence-corrected chi connectivity index (χ0v) is 15.2. The van der Waals surface area contributed by atoms with E-state index in [1.165, 1.54) is 0 Å². The molecule has 1 aromatic rings. The minimum absolute atomic E-state index is 0.168. The van der Waals surface area contributed by atoms with Crippen LogP contribution in [-0.4, -0.2) is 56.5 Å². The van der Waals surface area contributed by atoms with E-state index in [9.17, 15) is 9.90 Å². The second-order valence-electron chi connectivity index (χ2n) is 7.12. The second-order valence-corrected chi connectivity index (χ2v) is 7.12. The average Bonchev–Trinajstić information content (AvgIpc) is 2.93. The van der Waals surface area contributed by atoms with E-state index in [0.29, 0.717) is 26.3 Å². The van der Waals surface area contributed by atoms with Gasteiger partial charge in [-0.1, -0.05) is 6.07 Å². The summed E-state index contributed by atoms with van der Waals surface area (Å²) in [5, 5.41) is 9.72. The van der Waals surface area contributed by atoms with E-state index < -0.39 is 5.97 Å². The molecular weight excluding hydrogens is 322 g/mol. The summed E-state index contributed by atoms with van der Waals surface area (Å²) in [6.07, 6.45) is 1.64. The number of carboxylic acids is 1. The number of likely N-dealkylation sites (tertiary alicyclic amines) is 1. The van der Waals surface area contributed by atoms with Gasteiger partial charge in [-0.3, -0.25) is 9.69 Å². The van der Waals surface area contributed by atoms with Crippen LogP contribution in [0.2, 0.25) is 0 Å². The fourth-order valence-corrected chi connectivity index (χ4v) is 4.42. The lowest BCUT2D eigenvalue weighted by Gasteiger charge is -2.36.